The van der Waals surface area contributed by atoms with E-state index in [1.807, 2.05) is 14.0 Å². The van der Waals surface area contributed by atoms with Gasteiger partial charge in [0.2, 0.25) is 0 Å². The highest BCUT2D eigenvalue weighted by Gasteiger charge is 2.36. The Labute approximate surface area is 86.1 Å². The molecule has 2 unspecified atom stereocenters. The Hall–Kier alpha value is -0.130. The van der Waals surface area contributed by atoms with Crippen molar-refractivity contribution in [2.75, 3.05) is 12.8 Å². The summed E-state index contributed by atoms with van der Waals surface area (Å²) in [5.74, 6) is 7.46. The molecule has 1 nitrogen and oxygen atoms in total. The number of hydrogen-bond acceptors (Lipinski definition) is 2. The molecule has 0 aromatic rings. The van der Waals surface area contributed by atoms with Crippen molar-refractivity contribution in [3.05, 3.63) is 0 Å². The predicted molar refractivity (Wildman–Crippen MR) is 61.0 cm³/mol. The van der Waals surface area contributed by atoms with Gasteiger partial charge in [-0.2, -0.15) is 11.8 Å². The molecule has 1 saturated heterocycles. The lowest BCUT2D eigenvalue weighted by Crippen LogP contribution is -2.43. The molecule has 1 heterocycles. The Morgan fingerprint density at radius 3 is 2.85 bits per heavy atom. The van der Waals surface area contributed by atoms with Gasteiger partial charge in [0.05, 0.1) is 0 Å². The molecule has 2 heteroatoms. The normalized spacial score (nSPS) is 29.5. The summed E-state index contributed by atoms with van der Waals surface area (Å²) in [6.07, 6.45) is 3.67. The fourth-order valence-electron chi connectivity index (χ4n) is 1.90. The van der Waals surface area contributed by atoms with Gasteiger partial charge in [-0.25, -0.2) is 0 Å². The van der Waals surface area contributed by atoms with E-state index in [0.29, 0.717) is 10.8 Å². The minimum atomic E-state index is 0.415. The molecule has 0 amide bonds. The molecule has 13 heavy (non-hydrogen) atoms. The van der Waals surface area contributed by atoms with Crippen LogP contribution in [-0.4, -0.2) is 23.6 Å². The Morgan fingerprint density at radius 2 is 2.38 bits per heavy atom. The van der Waals surface area contributed by atoms with Crippen LogP contribution in [0.3, 0.4) is 0 Å². The SMILES string of the molecule is CC#CCC(NC)C1(C)CCCS1. The zero-order valence-electron chi connectivity index (χ0n) is 8.81. The van der Waals surface area contributed by atoms with Crippen LogP contribution in [0.4, 0.5) is 0 Å². The molecule has 0 spiro atoms. The largest absolute Gasteiger partial charge is 0.315 e. The van der Waals surface area contributed by atoms with Crippen molar-refractivity contribution in [3.63, 3.8) is 0 Å². The van der Waals surface area contributed by atoms with Gasteiger partial charge in [-0.05, 0) is 39.5 Å². The molecule has 2 atom stereocenters. The summed E-state index contributed by atoms with van der Waals surface area (Å²) in [6.45, 7) is 4.28. The standard InChI is InChI=1S/C11H19NS/c1-4-5-7-10(12-3)11(2)8-6-9-13-11/h10,12H,6-9H2,1-3H3. The van der Waals surface area contributed by atoms with Crippen LogP contribution in [0.1, 0.15) is 33.1 Å². The van der Waals surface area contributed by atoms with Crippen molar-refractivity contribution in [1.82, 2.24) is 5.32 Å². The molecule has 1 fully saturated rings. The first-order valence-electron chi connectivity index (χ1n) is 4.94. The van der Waals surface area contributed by atoms with E-state index in [4.69, 9.17) is 0 Å². The average molecular weight is 197 g/mol. The van der Waals surface area contributed by atoms with E-state index in [1.165, 1.54) is 18.6 Å². The highest BCUT2D eigenvalue weighted by molar-refractivity contribution is 8.00. The van der Waals surface area contributed by atoms with E-state index in [1.54, 1.807) is 0 Å². The first kappa shape index (κ1) is 10.9. The molecule has 0 aliphatic carbocycles. The summed E-state index contributed by atoms with van der Waals surface area (Å²) in [4.78, 5) is 0. The third-order valence-electron chi connectivity index (χ3n) is 2.82. The Morgan fingerprint density at radius 1 is 1.62 bits per heavy atom. The van der Waals surface area contributed by atoms with E-state index < -0.39 is 0 Å². The minimum absolute atomic E-state index is 0.415. The summed E-state index contributed by atoms with van der Waals surface area (Å²) >= 11 is 2.10. The first-order valence-corrected chi connectivity index (χ1v) is 5.92. The molecule has 1 aliphatic rings. The van der Waals surface area contributed by atoms with Crippen molar-refractivity contribution in [1.29, 1.82) is 0 Å². The maximum Gasteiger partial charge on any atom is 0.0318 e. The van der Waals surface area contributed by atoms with Gasteiger partial charge >= 0.3 is 0 Å². The van der Waals surface area contributed by atoms with Crippen LogP contribution < -0.4 is 5.32 Å². The molecule has 0 aromatic carbocycles. The Bertz CT molecular complexity index is 208. The van der Waals surface area contributed by atoms with E-state index in [2.05, 4.69) is 35.8 Å². The quantitative estimate of drug-likeness (QED) is 0.697. The summed E-state index contributed by atoms with van der Waals surface area (Å²) in [5.41, 5.74) is 0. The fraction of sp³-hybridized carbons (Fsp3) is 0.818. The smallest absolute Gasteiger partial charge is 0.0318 e. The molecule has 0 saturated carbocycles. The van der Waals surface area contributed by atoms with E-state index >= 15 is 0 Å². The first-order chi connectivity index (χ1) is 6.23. The van der Waals surface area contributed by atoms with Crippen LogP contribution in [0.25, 0.3) is 0 Å². The lowest BCUT2D eigenvalue weighted by molar-refractivity contribution is 0.433. The van der Waals surface area contributed by atoms with Gasteiger partial charge in [0.25, 0.3) is 0 Å². The van der Waals surface area contributed by atoms with Gasteiger partial charge in [-0.1, -0.05) is 0 Å². The molecule has 0 radical (unpaired) electrons. The zero-order chi connectivity index (χ0) is 9.73. The molecule has 1 aliphatic heterocycles. The van der Waals surface area contributed by atoms with Crippen LogP contribution in [0.2, 0.25) is 0 Å². The molecule has 74 valence electrons. The second-order valence-electron chi connectivity index (χ2n) is 3.74. The number of thioether (sulfide) groups is 1. The predicted octanol–water partition coefficient (Wildman–Crippen LogP) is 2.27. The molecule has 1 N–H and O–H groups in total. The van der Waals surface area contributed by atoms with Crippen molar-refractivity contribution >= 4 is 11.8 Å². The summed E-state index contributed by atoms with van der Waals surface area (Å²) < 4.78 is 0.415. The van der Waals surface area contributed by atoms with Gasteiger partial charge in [-0.15, -0.1) is 11.8 Å². The lowest BCUT2D eigenvalue weighted by Gasteiger charge is -2.31. The number of nitrogens with one attached hydrogen (secondary N) is 1. The van der Waals surface area contributed by atoms with E-state index in [0.717, 1.165) is 6.42 Å². The summed E-state index contributed by atoms with van der Waals surface area (Å²) in [6, 6.07) is 0.549. The van der Waals surface area contributed by atoms with Gasteiger partial charge in [-0.3, -0.25) is 0 Å². The lowest BCUT2D eigenvalue weighted by atomic mass is 9.94. The zero-order valence-corrected chi connectivity index (χ0v) is 9.63. The molecule has 0 bridgehead atoms. The van der Waals surface area contributed by atoms with E-state index in [-0.39, 0.29) is 0 Å². The number of rotatable bonds is 3. The van der Waals surface area contributed by atoms with Gasteiger partial charge in [0.15, 0.2) is 0 Å². The number of hydrogen-bond donors (Lipinski definition) is 1. The highest BCUT2D eigenvalue weighted by Crippen LogP contribution is 2.41. The van der Waals surface area contributed by atoms with Gasteiger partial charge in [0.1, 0.15) is 0 Å². The topological polar surface area (TPSA) is 12.0 Å². The van der Waals surface area contributed by atoms with Crippen molar-refractivity contribution in [2.45, 2.75) is 43.9 Å². The average Bonchev–Trinajstić information content (AvgIpc) is 2.54. The molecule has 1 rings (SSSR count). The molecule has 0 aromatic heterocycles. The van der Waals surface area contributed by atoms with Gasteiger partial charge in [0, 0.05) is 17.2 Å². The third-order valence-corrected chi connectivity index (χ3v) is 4.46. The van der Waals surface area contributed by atoms with Crippen LogP contribution in [-0.2, 0) is 0 Å². The van der Waals surface area contributed by atoms with Crippen molar-refractivity contribution in [2.24, 2.45) is 0 Å². The summed E-state index contributed by atoms with van der Waals surface area (Å²) in [7, 11) is 2.05. The van der Waals surface area contributed by atoms with Crippen LogP contribution >= 0.6 is 11.8 Å². The third kappa shape index (κ3) is 2.65. The monoisotopic (exact) mass is 197 g/mol. The summed E-state index contributed by atoms with van der Waals surface area (Å²) in [5, 5.41) is 3.40. The Kier molecular flexibility index (Phi) is 4.15. The molecular formula is C11H19NS. The van der Waals surface area contributed by atoms with Crippen LogP contribution in [0.5, 0.6) is 0 Å². The van der Waals surface area contributed by atoms with Crippen LogP contribution in [0.15, 0.2) is 0 Å². The van der Waals surface area contributed by atoms with E-state index in [9.17, 15) is 0 Å². The maximum absolute atomic E-state index is 3.40. The second-order valence-corrected chi connectivity index (χ2v) is 5.37. The fourth-order valence-corrected chi connectivity index (χ4v) is 3.35. The maximum atomic E-state index is 3.40. The van der Waals surface area contributed by atoms with Gasteiger partial charge < -0.3 is 5.32 Å². The van der Waals surface area contributed by atoms with Crippen molar-refractivity contribution < 1.29 is 0 Å². The molecular weight excluding hydrogens is 178 g/mol. The minimum Gasteiger partial charge on any atom is -0.315 e. The van der Waals surface area contributed by atoms with Crippen LogP contribution in [0, 0.1) is 11.8 Å². The Balaban J connectivity index is 2.56. The highest BCUT2D eigenvalue weighted by atomic mass is 32.2. The van der Waals surface area contributed by atoms with Crippen molar-refractivity contribution in [3.8, 4) is 11.8 Å². The second kappa shape index (κ2) is 4.93.